The minimum absolute atomic E-state index is 0.0239. The van der Waals surface area contributed by atoms with E-state index >= 15 is 0 Å². The summed E-state index contributed by atoms with van der Waals surface area (Å²) < 4.78 is 3.37. The summed E-state index contributed by atoms with van der Waals surface area (Å²) in [4.78, 5) is 25.5. The molecule has 0 saturated carbocycles. The van der Waals surface area contributed by atoms with E-state index in [0.29, 0.717) is 34.3 Å². The quantitative estimate of drug-likeness (QED) is 0.254. The van der Waals surface area contributed by atoms with Gasteiger partial charge < -0.3 is 0 Å². The molecule has 2 aromatic heterocycles. The van der Waals surface area contributed by atoms with Crippen LogP contribution in [0.25, 0.3) is 16.7 Å². The van der Waals surface area contributed by atoms with Crippen LogP contribution >= 0.6 is 11.8 Å². The summed E-state index contributed by atoms with van der Waals surface area (Å²) in [5.41, 5.74) is 2.46. The average Bonchev–Trinajstić information content (AvgIpc) is 3.19. The number of carbonyl (C=O) groups is 1. The number of allylic oxidation sites excluding steroid dienone is 1. The Kier molecular flexibility index (Phi) is 5.55. The van der Waals surface area contributed by atoms with Crippen molar-refractivity contribution in [1.29, 1.82) is 0 Å². The maximum absolute atomic E-state index is 12.8. The highest BCUT2D eigenvalue weighted by atomic mass is 32.2. The fourth-order valence-corrected chi connectivity index (χ4v) is 4.22. The Morgan fingerprint density at radius 2 is 1.87 bits per heavy atom. The van der Waals surface area contributed by atoms with Crippen LogP contribution in [0.15, 0.2) is 71.1 Å². The molecule has 0 aliphatic rings. The van der Waals surface area contributed by atoms with Gasteiger partial charge in [0.25, 0.3) is 5.56 Å². The number of para-hydroxylation sites is 1. The highest BCUT2D eigenvalue weighted by Gasteiger charge is 2.17. The van der Waals surface area contributed by atoms with Gasteiger partial charge in [0.2, 0.25) is 5.78 Å². The summed E-state index contributed by atoms with van der Waals surface area (Å²) in [6, 6.07) is 15.1. The number of rotatable bonds is 7. The van der Waals surface area contributed by atoms with Crippen molar-refractivity contribution in [1.82, 2.24) is 19.2 Å². The zero-order valence-corrected chi connectivity index (χ0v) is 17.7. The van der Waals surface area contributed by atoms with Crippen LogP contribution in [0, 0.1) is 0 Å². The summed E-state index contributed by atoms with van der Waals surface area (Å²) in [6.07, 6.45) is 1.65. The van der Waals surface area contributed by atoms with Crippen LogP contribution in [-0.4, -0.2) is 30.7 Å². The maximum Gasteiger partial charge on any atom is 0.263 e. The van der Waals surface area contributed by atoms with Crippen molar-refractivity contribution in [2.45, 2.75) is 31.5 Å². The van der Waals surface area contributed by atoms with E-state index in [2.05, 4.69) is 30.6 Å². The number of aromatic nitrogens is 4. The number of carbonyl (C=O) groups excluding carboxylic acids is 1. The van der Waals surface area contributed by atoms with Gasteiger partial charge in [0.1, 0.15) is 0 Å². The Hall–Kier alpha value is -3.19. The van der Waals surface area contributed by atoms with Gasteiger partial charge in [-0.15, -0.1) is 16.8 Å². The van der Waals surface area contributed by atoms with Gasteiger partial charge in [0, 0.05) is 12.1 Å². The van der Waals surface area contributed by atoms with Crippen LogP contribution in [0.1, 0.15) is 35.7 Å². The highest BCUT2D eigenvalue weighted by molar-refractivity contribution is 7.99. The number of thioether (sulfide) groups is 1. The van der Waals surface area contributed by atoms with Gasteiger partial charge in [0.05, 0.1) is 16.7 Å². The molecule has 0 aliphatic carbocycles. The van der Waals surface area contributed by atoms with Crippen molar-refractivity contribution in [3.63, 3.8) is 0 Å². The van der Waals surface area contributed by atoms with E-state index in [1.165, 1.54) is 17.3 Å². The van der Waals surface area contributed by atoms with Crippen LogP contribution in [0.4, 0.5) is 0 Å². The normalized spacial score (nSPS) is 11.4. The highest BCUT2D eigenvalue weighted by Crippen LogP contribution is 2.23. The molecule has 2 aromatic carbocycles. The lowest BCUT2D eigenvalue weighted by Crippen LogP contribution is -2.22. The molecule has 7 heteroatoms. The lowest BCUT2D eigenvalue weighted by Gasteiger charge is -2.09. The molecule has 2 heterocycles. The summed E-state index contributed by atoms with van der Waals surface area (Å²) >= 11 is 1.32. The minimum Gasteiger partial charge on any atom is -0.293 e. The van der Waals surface area contributed by atoms with Crippen molar-refractivity contribution in [2.75, 3.05) is 5.75 Å². The fraction of sp³-hybridized carbons (Fsp3) is 0.217. The molecule has 0 spiro atoms. The minimum atomic E-state index is -0.136. The molecule has 0 fully saturated rings. The zero-order valence-electron chi connectivity index (χ0n) is 16.9. The van der Waals surface area contributed by atoms with Crippen LogP contribution in [-0.2, 0) is 6.54 Å². The number of ketones is 1. The summed E-state index contributed by atoms with van der Waals surface area (Å²) in [5.74, 6) is 1.12. The zero-order chi connectivity index (χ0) is 21.3. The molecule has 152 valence electrons. The number of nitrogens with zero attached hydrogens (tertiary/aromatic N) is 4. The van der Waals surface area contributed by atoms with Crippen LogP contribution in [0.5, 0.6) is 0 Å². The van der Waals surface area contributed by atoms with E-state index in [1.807, 2.05) is 46.9 Å². The van der Waals surface area contributed by atoms with Gasteiger partial charge in [-0.2, -0.15) is 0 Å². The number of Topliss-reactive ketones (excluding diaryl/α,β-unsaturated/α-hetero) is 1. The van der Waals surface area contributed by atoms with E-state index in [9.17, 15) is 9.59 Å². The van der Waals surface area contributed by atoms with E-state index in [0.717, 1.165) is 5.52 Å². The molecule has 0 N–H and O–H groups in total. The van der Waals surface area contributed by atoms with E-state index in [-0.39, 0.29) is 17.1 Å². The first-order valence-corrected chi connectivity index (χ1v) is 10.7. The van der Waals surface area contributed by atoms with Gasteiger partial charge in [-0.25, -0.2) is 0 Å². The maximum atomic E-state index is 12.8. The molecule has 4 aromatic rings. The van der Waals surface area contributed by atoms with Gasteiger partial charge in [0.15, 0.2) is 10.9 Å². The van der Waals surface area contributed by atoms with Crippen molar-refractivity contribution >= 4 is 34.2 Å². The molecule has 0 saturated heterocycles. The summed E-state index contributed by atoms with van der Waals surface area (Å²) in [5, 5.41) is 9.64. The monoisotopic (exact) mass is 418 g/mol. The molecule has 0 atom stereocenters. The van der Waals surface area contributed by atoms with Crippen molar-refractivity contribution in [3.8, 4) is 0 Å². The van der Waals surface area contributed by atoms with Crippen molar-refractivity contribution in [3.05, 3.63) is 82.7 Å². The standard InChI is InChI=1S/C23H22N4O2S/c1-4-13-26-21(29)18-7-5-6-8-19(18)27-22(26)24-25-23(27)30-14-20(28)17-11-9-16(10-12-17)15(2)3/h4-12,15H,1,13-14H2,2-3H3. The first-order chi connectivity index (χ1) is 14.5. The number of hydrogen-bond acceptors (Lipinski definition) is 5. The second kappa shape index (κ2) is 8.28. The van der Waals surface area contributed by atoms with Gasteiger partial charge in [-0.1, -0.05) is 68.1 Å². The second-order valence-corrected chi connectivity index (χ2v) is 8.27. The third-order valence-electron chi connectivity index (χ3n) is 5.02. The van der Waals surface area contributed by atoms with E-state index in [4.69, 9.17) is 0 Å². The molecule has 0 unspecified atom stereocenters. The average molecular weight is 419 g/mol. The fourth-order valence-electron chi connectivity index (χ4n) is 3.39. The molecule has 0 bridgehead atoms. The second-order valence-electron chi connectivity index (χ2n) is 7.33. The molecule has 0 aliphatic heterocycles. The first-order valence-electron chi connectivity index (χ1n) is 9.74. The summed E-state index contributed by atoms with van der Waals surface area (Å²) in [7, 11) is 0. The lowest BCUT2D eigenvalue weighted by molar-refractivity contribution is 0.102. The predicted octanol–water partition coefficient (Wildman–Crippen LogP) is 4.33. The SMILES string of the molecule is C=CCn1c(=O)c2ccccc2n2c(SCC(=O)c3ccc(C(C)C)cc3)nnc12. The largest absolute Gasteiger partial charge is 0.293 e. The van der Waals surface area contributed by atoms with Crippen molar-refractivity contribution in [2.24, 2.45) is 0 Å². The Morgan fingerprint density at radius 1 is 1.13 bits per heavy atom. The first kappa shape index (κ1) is 20.1. The smallest absolute Gasteiger partial charge is 0.263 e. The Labute approximate surface area is 178 Å². The van der Waals surface area contributed by atoms with Crippen LogP contribution in [0.3, 0.4) is 0 Å². The molecule has 30 heavy (non-hydrogen) atoms. The molecule has 0 radical (unpaired) electrons. The molecular weight excluding hydrogens is 396 g/mol. The number of hydrogen-bond donors (Lipinski definition) is 0. The molecule has 0 amide bonds. The van der Waals surface area contributed by atoms with Gasteiger partial charge >= 0.3 is 0 Å². The van der Waals surface area contributed by atoms with Crippen LogP contribution in [0.2, 0.25) is 0 Å². The Balaban J connectivity index is 1.69. The lowest BCUT2D eigenvalue weighted by atomic mass is 10.0. The number of benzene rings is 2. The molecule has 4 rings (SSSR count). The Bertz CT molecular complexity index is 1300. The van der Waals surface area contributed by atoms with E-state index in [1.54, 1.807) is 16.7 Å². The topological polar surface area (TPSA) is 69.3 Å². The third-order valence-corrected chi connectivity index (χ3v) is 5.95. The predicted molar refractivity (Wildman–Crippen MR) is 121 cm³/mol. The van der Waals surface area contributed by atoms with Gasteiger partial charge in [-0.05, 0) is 23.6 Å². The molecule has 6 nitrogen and oxygen atoms in total. The third kappa shape index (κ3) is 3.57. The van der Waals surface area contributed by atoms with Crippen molar-refractivity contribution < 1.29 is 4.79 Å². The number of fused-ring (bicyclic) bond motifs is 3. The van der Waals surface area contributed by atoms with Gasteiger partial charge in [-0.3, -0.25) is 18.6 Å². The van der Waals surface area contributed by atoms with E-state index < -0.39 is 0 Å². The van der Waals surface area contributed by atoms with Crippen LogP contribution < -0.4 is 5.56 Å². The summed E-state index contributed by atoms with van der Waals surface area (Å²) in [6.45, 7) is 8.31. The Morgan fingerprint density at radius 3 is 2.57 bits per heavy atom. The molecular formula is C23H22N4O2S.